The zero-order valence-corrected chi connectivity index (χ0v) is 35.8. The van der Waals surface area contributed by atoms with Gasteiger partial charge in [0.1, 0.15) is 17.5 Å². The average molecular weight is 873 g/mol. The topological polar surface area (TPSA) is 254 Å². The Morgan fingerprint density at radius 2 is 0.938 bits per heavy atom. The van der Waals surface area contributed by atoms with E-state index < -0.39 is 47.7 Å². The minimum atomic E-state index is -1.59. The third-order valence-corrected chi connectivity index (χ3v) is 9.23. The summed E-state index contributed by atoms with van der Waals surface area (Å²) in [7, 11) is 1.16. The van der Waals surface area contributed by atoms with Crippen molar-refractivity contribution in [3.8, 4) is 11.5 Å². The maximum atomic E-state index is 13.6. The van der Waals surface area contributed by atoms with Crippen LogP contribution in [0.15, 0.2) is 109 Å². The van der Waals surface area contributed by atoms with Gasteiger partial charge in [-0.05, 0) is 132 Å². The third kappa shape index (κ3) is 12.5. The summed E-state index contributed by atoms with van der Waals surface area (Å²) in [5, 5.41) is 22.8. The summed E-state index contributed by atoms with van der Waals surface area (Å²) in [6.07, 6.45) is -2.22. The van der Waals surface area contributed by atoms with Crippen LogP contribution in [0, 0.1) is 6.92 Å². The number of aryl methyl sites for hydroxylation is 1. The van der Waals surface area contributed by atoms with Crippen molar-refractivity contribution in [3.05, 3.63) is 143 Å². The van der Waals surface area contributed by atoms with Gasteiger partial charge < -0.3 is 51.6 Å². The average Bonchev–Trinajstić information content (AvgIpc) is 3.24. The number of carbonyl (C=O) groups excluding carboxylic acids is 6. The van der Waals surface area contributed by atoms with E-state index in [1.54, 1.807) is 39.8 Å². The predicted molar refractivity (Wildman–Crippen MR) is 239 cm³/mol. The van der Waals surface area contributed by atoms with Gasteiger partial charge in [0.05, 0.1) is 29.1 Å². The van der Waals surface area contributed by atoms with E-state index in [4.69, 9.17) is 19.9 Å². The zero-order chi connectivity index (χ0) is 46.7. The van der Waals surface area contributed by atoms with Gasteiger partial charge in [-0.1, -0.05) is 17.7 Å². The monoisotopic (exact) mass is 872 g/mol. The molecule has 0 bridgehead atoms. The Morgan fingerprint density at radius 1 is 0.531 bits per heavy atom. The lowest BCUT2D eigenvalue weighted by Crippen LogP contribution is -2.56. The fourth-order valence-electron chi connectivity index (χ4n) is 6.08. The molecule has 5 rings (SSSR count). The number of carboxylic acid groups (broad SMARTS) is 1. The molecule has 0 radical (unpaired) electrons. The van der Waals surface area contributed by atoms with E-state index in [-0.39, 0.29) is 68.9 Å². The van der Waals surface area contributed by atoms with Crippen LogP contribution in [0.4, 0.5) is 22.7 Å². The summed E-state index contributed by atoms with van der Waals surface area (Å²) in [6.45, 7) is 8.98. The Morgan fingerprint density at radius 3 is 1.41 bits per heavy atom. The molecule has 64 heavy (non-hydrogen) atoms. The highest BCUT2D eigenvalue weighted by molar-refractivity contribution is 6.09. The Kier molecular flexibility index (Phi) is 15.5. The Hall–Kier alpha value is -8.05. The maximum Gasteiger partial charge on any atom is 0.335 e. The number of ether oxygens (including phenoxy) is 3. The van der Waals surface area contributed by atoms with Crippen molar-refractivity contribution in [3.63, 3.8) is 0 Å². The summed E-state index contributed by atoms with van der Waals surface area (Å²) in [5.74, 6) is -4.84. The number of carboxylic acids is 1. The van der Waals surface area contributed by atoms with E-state index in [9.17, 15) is 38.7 Å². The number of anilines is 4. The van der Waals surface area contributed by atoms with Crippen molar-refractivity contribution >= 4 is 64.2 Å². The van der Waals surface area contributed by atoms with Crippen molar-refractivity contribution in [1.29, 1.82) is 0 Å². The van der Waals surface area contributed by atoms with Crippen molar-refractivity contribution in [1.82, 2.24) is 5.32 Å². The van der Waals surface area contributed by atoms with Gasteiger partial charge in [-0.25, -0.2) is 4.79 Å². The maximum absolute atomic E-state index is 13.6. The van der Waals surface area contributed by atoms with Gasteiger partial charge in [0.25, 0.3) is 23.6 Å². The third-order valence-electron chi connectivity index (χ3n) is 9.23. The van der Waals surface area contributed by atoms with Gasteiger partial charge >= 0.3 is 5.97 Å². The first-order valence-electron chi connectivity index (χ1n) is 19.9. The fourth-order valence-corrected chi connectivity index (χ4v) is 6.08. The van der Waals surface area contributed by atoms with Crippen LogP contribution in [0.3, 0.4) is 0 Å². The largest absolute Gasteiger partial charge is 0.489 e. The summed E-state index contributed by atoms with van der Waals surface area (Å²) in [6, 6.07) is 25.5. The molecule has 0 aliphatic rings. The summed E-state index contributed by atoms with van der Waals surface area (Å²) in [4.78, 5) is 90.2. The molecule has 0 heterocycles. The lowest BCUT2D eigenvalue weighted by molar-refractivity contribution is -0.134. The van der Waals surface area contributed by atoms with Crippen LogP contribution in [0.2, 0.25) is 0 Å². The Bertz CT molecular complexity index is 2540. The molecule has 0 fully saturated rings. The van der Waals surface area contributed by atoms with E-state index in [0.717, 1.165) is 12.7 Å². The van der Waals surface area contributed by atoms with Crippen LogP contribution < -0.4 is 41.8 Å². The van der Waals surface area contributed by atoms with E-state index in [2.05, 4.69) is 26.6 Å². The first-order chi connectivity index (χ1) is 30.4. The molecule has 2 unspecified atom stereocenters. The molecule has 5 aromatic carbocycles. The molecule has 17 heteroatoms. The number of rotatable bonds is 18. The van der Waals surface area contributed by atoms with Gasteiger partial charge in [0.15, 0.2) is 6.10 Å². The van der Waals surface area contributed by atoms with Gasteiger partial charge in [-0.15, -0.1) is 0 Å². The number of hydrogen-bond donors (Lipinski definition) is 7. The lowest BCUT2D eigenvalue weighted by Gasteiger charge is -2.24. The van der Waals surface area contributed by atoms with E-state index >= 15 is 0 Å². The first-order valence-corrected chi connectivity index (χ1v) is 19.9. The fraction of sp³-hybridized carbons (Fsp3) is 0.213. The molecule has 0 aliphatic heterocycles. The van der Waals surface area contributed by atoms with Crippen molar-refractivity contribution < 1.29 is 52.9 Å². The normalized spacial score (nSPS) is 11.8. The molecule has 6 amide bonds. The van der Waals surface area contributed by atoms with Crippen LogP contribution in [0.5, 0.6) is 11.5 Å². The number of methoxy groups -OCH3 is 1. The smallest absolute Gasteiger partial charge is 0.335 e. The van der Waals surface area contributed by atoms with Crippen LogP contribution >= 0.6 is 0 Å². The molecule has 0 aromatic heterocycles. The second kappa shape index (κ2) is 21.2. The van der Waals surface area contributed by atoms with Crippen LogP contribution in [-0.2, 0) is 14.3 Å². The van der Waals surface area contributed by atoms with Gasteiger partial charge in [-0.2, -0.15) is 0 Å². The minimum Gasteiger partial charge on any atom is -0.489 e. The second-order valence-electron chi connectivity index (χ2n) is 14.9. The highest BCUT2D eigenvalue weighted by Gasteiger charge is 2.34. The standard InChI is InChI=1S/C47H48N6O11/c1-25(2)63-37-23-31(45(58)52-36-22-16-32(47(60)61)24-38(36)64-26(3)4)15-21-35(37)51-43(56)29-11-19-34(20-12-29)50-46(59)39(40(62-6)41(48)54)53-44(57)30-13-17-33(18-14-30)49-42(55)28-9-7-27(5)8-10-28/h7-26,39-40H,1-6H3,(H2,48,54)(H,49,55)(H,50,59)(H,51,56)(H,52,58)(H,53,57)(H,60,61). The van der Waals surface area contributed by atoms with Crippen LogP contribution in [-0.4, -0.2) is 78.0 Å². The van der Waals surface area contributed by atoms with Crippen molar-refractivity contribution in [2.45, 2.75) is 59.0 Å². The van der Waals surface area contributed by atoms with E-state index in [1.807, 2.05) is 19.1 Å². The van der Waals surface area contributed by atoms with Gasteiger partial charge in [0, 0.05) is 40.7 Å². The summed E-state index contributed by atoms with van der Waals surface area (Å²) in [5.41, 5.74) is 8.54. The summed E-state index contributed by atoms with van der Waals surface area (Å²) >= 11 is 0. The molecule has 0 saturated heterocycles. The van der Waals surface area contributed by atoms with Crippen molar-refractivity contribution in [2.24, 2.45) is 5.73 Å². The van der Waals surface area contributed by atoms with Crippen LogP contribution in [0.1, 0.15) is 85.0 Å². The van der Waals surface area contributed by atoms with Gasteiger partial charge in [-0.3, -0.25) is 28.8 Å². The molecule has 17 nitrogen and oxygen atoms in total. The number of primary amides is 1. The Labute approximate surface area is 368 Å². The molecule has 2 atom stereocenters. The van der Waals surface area contributed by atoms with Crippen LogP contribution in [0.25, 0.3) is 0 Å². The highest BCUT2D eigenvalue weighted by atomic mass is 16.5. The molecule has 5 aromatic rings. The number of nitrogens with one attached hydrogen (secondary N) is 5. The molecule has 8 N–H and O–H groups in total. The number of carbonyl (C=O) groups is 7. The number of benzene rings is 5. The first kappa shape index (κ1) is 47.0. The van der Waals surface area contributed by atoms with Crippen molar-refractivity contribution in [2.75, 3.05) is 28.4 Å². The highest BCUT2D eigenvalue weighted by Crippen LogP contribution is 2.31. The molecule has 0 spiro atoms. The predicted octanol–water partition coefficient (Wildman–Crippen LogP) is 6.26. The molecular weight excluding hydrogens is 825 g/mol. The van der Waals surface area contributed by atoms with E-state index in [0.29, 0.717) is 11.3 Å². The number of amides is 6. The quantitative estimate of drug-likeness (QED) is 0.0517. The van der Waals surface area contributed by atoms with E-state index in [1.165, 1.54) is 84.9 Å². The van der Waals surface area contributed by atoms with Gasteiger partial charge in [0.2, 0.25) is 11.8 Å². The lowest BCUT2D eigenvalue weighted by atomic mass is 10.1. The number of nitrogens with two attached hydrogens (primary N) is 1. The molecule has 0 aliphatic carbocycles. The molecule has 332 valence electrons. The molecule has 0 saturated carbocycles. The SMILES string of the molecule is COC(C(N)=O)C(NC(=O)c1ccc(NC(=O)c2ccc(C)cc2)cc1)C(=O)Nc1ccc(C(=O)Nc2ccc(C(=O)Nc3ccc(C(=O)O)cc3OC(C)C)cc2OC(C)C)cc1. The number of aromatic carboxylic acids is 1. The Balaban J connectivity index is 1.25. The molecular formula is C47H48N6O11. The number of hydrogen-bond acceptors (Lipinski definition) is 10. The zero-order valence-electron chi connectivity index (χ0n) is 35.8. The second-order valence-corrected chi connectivity index (χ2v) is 14.9. The summed E-state index contributed by atoms with van der Waals surface area (Å²) < 4.78 is 16.9. The minimum absolute atomic E-state index is 0.0146.